The van der Waals surface area contributed by atoms with Crippen LogP contribution in [0.2, 0.25) is 0 Å². The third-order valence-electron chi connectivity index (χ3n) is 3.95. The molecule has 0 amide bonds. The first-order valence-electron chi connectivity index (χ1n) is 8.46. The molecule has 3 N–H and O–H groups in total. The Morgan fingerprint density at radius 2 is 1.70 bits per heavy atom. The number of hydrogen-bond acceptors (Lipinski definition) is 9. The first-order valence-corrected chi connectivity index (χ1v) is 8.46. The van der Waals surface area contributed by atoms with E-state index in [4.69, 9.17) is 24.7 Å². The lowest BCUT2D eigenvalue weighted by atomic mass is 10.2. The highest BCUT2D eigenvalue weighted by Crippen LogP contribution is 2.34. The molecule has 0 bridgehead atoms. The Labute approximate surface area is 159 Å². The number of aromatic nitrogens is 2. The number of nitrogens with two attached hydrogens (primary N) is 1. The van der Waals surface area contributed by atoms with Crippen molar-refractivity contribution in [1.29, 1.82) is 0 Å². The molecule has 0 aliphatic rings. The molecule has 0 atom stereocenters. The van der Waals surface area contributed by atoms with E-state index in [0.717, 1.165) is 0 Å². The van der Waals surface area contributed by atoms with Crippen LogP contribution in [0, 0.1) is 0 Å². The summed E-state index contributed by atoms with van der Waals surface area (Å²) in [5.74, 6) is 2.42. The van der Waals surface area contributed by atoms with Crippen molar-refractivity contribution in [1.82, 2.24) is 9.97 Å². The maximum Gasteiger partial charge on any atom is 0.159 e. The summed E-state index contributed by atoms with van der Waals surface area (Å²) in [5.41, 5.74) is 7.47. The number of nitrogen functional groups attached to an aromatic ring is 1. The molecule has 2 aromatic rings. The number of anilines is 4. The predicted molar refractivity (Wildman–Crippen MR) is 105 cm³/mol. The maximum atomic E-state index is 6.35. The summed E-state index contributed by atoms with van der Waals surface area (Å²) in [7, 11) is 6.50. The molecule has 148 valence electrons. The van der Waals surface area contributed by atoms with E-state index in [0.29, 0.717) is 60.8 Å². The summed E-state index contributed by atoms with van der Waals surface area (Å²) >= 11 is 0. The Bertz CT molecular complexity index is 721. The maximum absolute atomic E-state index is 6.35. The Kier molecular flexibility index (Phi) is 7.90. The van der Waals surface area contributed by atoms with Crippen molar-refractivity contribution >= 4 is 23.0 Å². The van der Waals surface area contributed by atoms with Gasteiger partial charge in [-0.25, -0.2) is 9.97 Å². The lowest BCUT2D eigenvalue weighted by Crippen LogP contribution is -2.32. The van der Waals surface area contributed by atoms with Crippen LogP contribution >= 0.6 is 0 Å². The van der Waals surface area contributed by atoms with Gasteiger partial charge in [-0.05, 0) is 12.1 Å². The van der Waals surface area contributed by atoms with Crippen LogP contribution in [0.15, 0.2) is 24.5 Å². The highest BCUT2D eigenvalue weighted by Gasteiger charge is 2.16. The van der Waals surface area contributed by atoms with Gasteiger partial charge in [0.2, 0.25) is 0 Å². The fraction of sp³-hybridized carbons (Fsp3) is 0.444. The van der Waals surface area contributed by atoms with Crippen molar-refractivity contribution in [3.63, 3.8) is 0 Å². The van der Waals surface area contributed by atoms with Crippen LogP contribution in [0.3, 0.4) is 0 Å². The molecule has 2 rings (SSSR count). The fourth-order valence-electron chi connectivity index (χ4n) is 2.50. The molecule has 9 nitrogen and oxygen atoms in total. The molecule has 0 aliphatic carbocycles. The van der Waals surface area contributed by atoms with Crippen molar-refractivity contribution < 1.29 is 18.9 Å². The van der Waals surface area contributed by atoms with Gasteiger partial charge in [-0.2, -0.15) is 0 Å². The Balaban J connectivity index is 2.32. The molecule has 1 heterocycles. The summed E-state index contributed by atoms with van der Waals surface area (Å²) < 4.78 is 21.0. The van der Waals surface area contributed by atoms with E-state index in [1.165, 1.54) is 6.33 Å². The zero-order chi connectivity index (χ0) is 19.6. The zero-order valence-electron chi connectivity index (χ0n) is 16.2. The van der Waals surface area contributed by atoms with Gasteiger partial charge in [0, 0.05) is 33.4 Å². The summed E-state index contributed by atoms with van der Waals surface area (Å²) in [5, 5.41) is 3.20. The minimum Gasteiger partial charge on any atom is -0.497 e. The third-order valence-corrected chi connectivity index (χ3v) is 3.95. The van der Waals surface area contributed by atoms with E-state index < -0.39 is 0 Å². The molecular formula is C18H27N5O4. The number of ether oxygens (including phenoxy) is 4. The normalized spacial score (nSPS) is 10.5. The van der Waals surface area contributed by atoms with Crippen LogP contribution in [0.25, 0.3) is 0 Å². The number of hydrogen-bond donors (Lipinski definition) is 2. The lowest BCUT2D eigenvalue weighted by Gasteiger charge is -2.25. The first kappa shape index (κ1) is 20.5. The monoisotopic (exact) mass is 377 g/mol. The van der Waals surface area contributed by atoms with Gasteiger partial charge in [0.05, 0.1) is 33.1 Å². The number of benzene rings is 1. The molecule has 0 fully saturated rings. The fourth-order valence-corrected chi connectivity index (χ4v) is 2.50. The number of nitrogens with zero attached hydrogens (tertiary/aromatic N) is 3. The molecular weight excluding hydrogens is 350 g/mol. The molecule has 9 heteroatoms. The SMILES string of the molecule is COCCN(CCOC)c1ncnc(Nc2cc(OC)ccc2OC)c1N. The number of nitrogens with one attached hydrogen (secondary N) is 1. The minimum atomic E-state index is 0.426. The van der Waals surface area contributed by atoms with Crippen molar-refractivity contribution in [3.05, 3.63) is 24.5 Å². The first-order chi connectivity index (χ1) is 13.1. The van der Waals surface area contributed by atoms with Gasteiger partial charge in [0.25, 0.3) is 0 Å². The van der Waals surface area contributed by atoms with Crippen LogP contribution in [-0.4, -0.2) is 64.7 Å². The largest absolute Gasteiger partial charge is 0.497 e. The van der Waals surface area contributed by atoms with Gasteiger partial charge < -0.3 is 34.9 Å². The van der Waals surface area contributed by atoms with E-state index in [9.17, 15) is 0 Å². The van der Waals surface area contributed by atoms with Gasteiger partial charge in [-0.3, -0.25) is 0 Å². The second-order valence-electron chi connectivity index (χ2n) is 5.62. The summed E-state index contributed by atoms with van der Waals surface area (Å²) in [6.45, 7) is 2.34. The van der Waals surface area contributed by atoms with Crippen molar-refractivity contribution in [2.75, 3.05) is 70.7 Å². The summed E-state index contributed by atoms with van der Waals surface area (Å²) in [4.78, 5) is 10.6. The Morgan fingerprint density at radius 3 is 2.30 bits per heavy atom. The Morgan fingerprint density at radius 1 is 1.00 bits per heavy atom. The third kappa shape index (κ3) is 5.35. The molecule has 0 spiro atoms. The van der Waals surface area contributed by atoms with Gasteiger partial charge in [-0.1, -0.05) is 0 Å². The van der Waals surface area contributed by atoms with Crippen molar-refractivity contribution in [2.24, 2.45) is 0 Å². The van der Waals surface area contributed by atoms with Gasteiger partial charge in [0.1, 0.15) is 23.5 Å². The van der Waals surface area contributed by atoms with E-state index >= 15 is 0 Å². The number of rotatable bonds is 11. The molecule has 1 aromatic heterocycles. The lowest BCUT2D eigenvalue weighted by molar-refractivity contribution is 0.190. The molecule has 0 radical (unpaired) electrons. The second kappa shape index (κ2) is 10.4. The molecule has 0 saturated heterocycles. The highest BCUT2D eigenvalue weighted by molar-refractivity contribution is 5.80. The second-order valence-corrected chi connectivity index (χ2v) is 5.62. The number of methoxy groups -OCH3 is 4. The quantitative estimate of drug-likeness (QED) is 0.607. The molecule has 1 aromatic carbocycles. The smallest absolute Gasteiger partial charge is 0.159 e. The van der Waals surface area contributed by atoms with Crippen molar-refractivity contribution in [3.8, 4) is 11.5 Å². The van der Waals surface area contributed by atoms with E-state index in [1.807, 2.05) is 23.1 Å². The van der Waals surface area contributed by atoms with Crippen molar-refractivity contribution in [2.45, 2.75) is 0 Å². The summed E-state index contributed by atoms with van der Waals surface area (Å²) in [6, 6.07) is 5.44. The average Bonchev–Trinajstić information content (AvgIpc) is 2.70. The van der Waals surface area contributed by atoms with E-state index in [2.05, 4.69) is 15.3 Å². The standard InChI is InChI=1S/C18H27N5O4/c1-24-9-7-23(8-10-25-2)18-16(19)17(20-12-21-18)22-14-11-13(26-3)5-6-15(14)27-4/h5-6,11-12H,7-10,19H2,1-4H3,(H,20,21,22). The molecule has 0 saturated carbocycles. The molecule has 27 heavy (non-hydrogen) atoms. The van der Waals surface area contributed by atoms with Crippen LogP contribution in [0.5, 0.6) is 11.5 Å². The highest BCUT2D eigenvalue weighted by atomic mass is 16.5. The minimum absolute atomic E-state index is 0.426. The van der Waals surface area contributed by atoms with Crippen LogP contribution in [0.4, 0.5) is 23.0 Å². The molecule has 0 aliphatic heterocycles. The Hall–Kier alpha value is -2.78. The van der Waals surface area contributed by atoms with Gasteiger partial charge in [0.15, 0.2) is 11.6 Å². The summed E-state index contributed by atoms with van der Waals surface area (Å²) in [6.07, 6.45) is 1.47. The van der Waals surface area contributed by atoms with Crippen LogP contribution in [0.1, 0.15) is 0 Å². The van der Waals surface area contributed by atoms with Gasteiger partial charge >= 0.3 is 0 Å². The van der Waals surface area contributed by atoms with E-state index in [1.54, 1.807) is 28.4 Å². The van der Waals surface area contributed by atoms with Crippen LogP contribution in [-0.2, 0) is 9.47 Å². The topological polar surface area (TPSA) is 104 Å². The van der Waals surface area contributed by atoms with Gasteiger partial charge in [-0.15, -0.1) is 0 Å². The predicted octanol–water partition coefficient (Wildman–Crippen LogP) is 1.92. The average molecular weight is 377 g/mol. The zero-order valence-corrected chi connectivity index (χ0v) is 16.2. The van der Waals surface area contributed by atoms with E-state index in [-0.39, 0.29) is 0 Å². The molecule has 0 unspecified atom stereocenters. The van der Waals surface area contributed by atoms with Crippen LogP contribution < -0.4 is 25.4 Å².